The second kappa shape index (κ2) is 8.48. The molecule has 0 heterocycles. The molecule has 106 valence electrons. The zero-order valence-electron chi connectivity index (χ0n) is 11.7. The molecule has 0 amide bonds. The Balaban J connectivity index is 2.32. The Hall–Kier alpha value is -0.610. The van der Waals surface area contributed by atoms with Crippen molar-refractivity contribution in [2.75, 3.05) is 13.2 Å². The average Bonchev–Trinajstić information content (AvgIpc) is 2.37. The summed E-state index contributed by atoms with van der Waals surface area (Å²) in [6, 6.07) is 0.824. The Labute approximate surface area is 110 Å². The van der Waals surface area contributed by atoms with Crippen LogP contribution in [0.25, 0.3) is 0 Å². The summed E-state index contributed by atoms with van der Waals surface area (Å²) in [5, 5.41) is 12.4. The van der Waals surface area contributed by atoms with Crippen LogP contribution in [0.3, 0.4) is 0 Å². The molecule has 3 unspecified atom stereocenters. The molecule has 1 rings (SSSR count). The van der Waals surface area contributed by atoms with Gasteiger partial charge in [-0.2, -0.15) is 0 Å². The highest BCUT2D eigenvalue weighted by molar-refractivity contribution is 5.72. The summed E-state index contributed by atoms with van der Waals surface area (Å²) in [5.74, 6) is 0.0354. The van der Waals surface area contributed by atoms with Gasteiger partial charge in [-0.15, -0.1) is 0 Å². The summed E-state index contributed by atoms with van der Waals surface area (Å²) in [6.45, 7) is 4.72. The van der Waals surface area contributed by atoms with E-state index < -0.39 is 0 Å². The summed E-state index contributed by atoms with van der Waals surface area (Å²) in [6.07, 6.45) is 5.90. The van der Waals surface area contributed by atoms with Crippen molar-refractivity contribution in [1.82, 2.24) is 5.32 Å². The molecule has 3 atom stereocenters. The fourth-order valence-corrected chi connectivity index (χ4v) is 2.70. The molecule has 1 aliphatic carbocycles. The van der Waals surface area contributed by atoms with Crippen LogP contribution in [-0.4, -0.2) is 36.4 Å². The molecule has 0 aromatic heterocycles. The van der Waals surface area contributed by atoms with Gasteiger partial charge in [0.15, 0.2) is 0 Å². The normalized spacial score (nSPS) is 25.7. The summed E-state index contributed by atoms with van der Waals surface area (Å²) in [5.41, 5.74) is 0. The standard InChI is InChI=1S/C14H27NO3/c1-3-18-14(17)12-7-4-8-13(10-12)15-11(2)6-5-9-16/h11-13,15-16H,3-10H2,1-2H3. The molecule has 4 nitrogen and oxygen atoms in total. The topological polar surface area (TPSA) is 58.6 Å². The molecule has 0 aliphatic heterocycles. The predicted molar refractivity (Wildman–Crippen MR) is 71.3 cm³/mol. The summed E-state index contributed by atoms with van der Waals surface area (Å²) in [4.78, 5) is 11.7. The molecule has 0 saturated heterocycles. The molecule has 0 aromatic carbocycles. The molecule has 0 bridgehead atoms. The minimum atomic E-state index is -0.0352. The van der Waals surface area contributed by atoms with Crippen LogP contribution >= 0.6 is 0 Å². The number of aliphatic hydroxyl groups is 1. The van der Waals surface area contributed by atoms with Crippen LogP contribution in [0.15, 0.2) is 0 Å². The zero-order valence-corrected chi connectivity index (χ0v) is 11.7. The molecule has 1 saturated carbocycles. The Morgan fingerprint density at radius 1 is 1.50 bits per heavy atom. The van der Waals surface area contributed by atoms with E-state index in [0.717, 1.165) is 38.5 Å². The van der Waals surface area contributed by atoms with Crippen molar-refractivity contribution in [3.8, 4) is 0 Å². The fourth-order valence-electron chi connectivity index (χ4n) is 2.70. The number of ether oxygens (including phenoxy) is 1. The molecule has 4 heteroatoms. The van der Waals surface area contributed by atoms with Crippen molar-refractivity contribution < 1.29 is 14.6 Å². The highest BCUT2D eigenvalue weighted by Crippen LogP contribution is 2.25. The molecular formula is C14H27NO3. The summed E-state index contributed by atoms with van der Waals surface area (Å²) >= 11 is 0. The van der Waals surface area contributed by atoms with Gasteiger partial charge in [0.2, 0.25) is 0 Å². The molecule has 1 aliphatic rings. The highest BCUT2D eigenvalue weighted by atomic mass is 16.5. The number of carbonyl (C=O) groups is 1. The first-order valence-electron chi connectivity index (χ1n) is 7.20. The van der Waals surface area contributed by atoms with E-state index in [0.29, 0.717) is 18.7 Å². The van der Waals surface area contributed by atoms with Crippen LogP contribution in [0.1, 0.15) is 52.4 Å². The monoisotopic (exact) mass is 257 g/mol. The van der Waals surface area contributed by atoms with Gasteiger partial charge >= 0.3 is 5.97 Å². The molecule has 1 fully saturated rings. The largest absolute Gasteiger partial charge is 0.466 e. The van der Waals surface area contributed by atoms with Gasteiger partial charge in [0.25, 0.3) is 0 Å². The quantitative estimate of drug-likeness (QED) is 0.683. The summed E-state index contributed by atoms with van der Waals surface area (Å²) in [7, 11) is 0. The fraction of sp³-hybridized carbons (Fsp3) is 0.929. The molecule has 18 heavy (non-hydrogen) atoms. The van der Waals surface area contributed by atoms with E-state index in [4.69, 9.17) is 9.84 Å². The maximum absolute atomic E-state index is 11.7. The van der Waals surface area contributed by atoms with Crippen LogP contribution in [0.2, 0.25) is 0 Å². The van der Waals surface area contributed by atoms with Crippen molar-refractivity contribution in [3.05, 3.63) is 0 Å². The van der Waals surface area contributed by atoms with E-state index in [1.165, 1.54) is 0 Å². The lowest BCUT2D eigenvalue weighted by Gasteiger charge is -2.30. The highest BCUT2D eigenvalue weighted by Gasteiger charge is 2.28. The number of nitrogens with one attached hydrogen (secondary N) is 1. The molecule has 2 N–H and O–H groups in total. The number of carbonyl (C=O) groups excluding carboxylic acids is 1. The van der Waals surface area contributed by atoms with Crippen molar-refractivity contribution in [3.63, 3.8) is 0 Å². The average molecular weight is 257 g/mol. The van der Waals surface area contributed by atoms with Gasteiger partial charge in [-0.05, 0) is 46.0 Å². The lowest BCUT2D eigenvalue weighted by Crippen LogP contribution is -2.41. The third-order valence-electron chi connectivity index (χ3n) is 3.61. The van der Waals surface area contributed by atoms with Crippen molar-refractivity contribution in [2.24, 2.45) is 5.92 Å². The molecule has 0 spiro atoms. The SMILES string of the molecule is CCOC(=O)C1CCCC(NC(C)CCCO)C1. The first kappa shape index (κ1) is 15.4. The third-order valence-corrected chi connectivity index (χ3v) is 3.61. The zero-order chi connectivity index (χ0) is 13.4. The van der Waals surface area contributed by atoms with E-state index in [1.54, 1.807) is 0 Å². The van der Waals surface area contributed by atoms with Crippen LogP contribution in [0, 0.1) is 5.92 Å². The van der Waals surface area contributed by atoms with Gasteiger partial charge in [-0.25, -0.2) is 0 Å². The minimum absolute atomic E-state index is 0.0352. The summed E-state index contributed by atoms with van der Waals surface area (Å²) < 4.78 is 5.10. The van der Waals surface area contributed by atoms with Crippen LogP contribution < -0.4 is 5.32 Å². The second-order valence-electron chi connectivity index (χ2n) is 5.25. The van der Waals surface area contributed by atoms with Gasteiger partial charge in [-0.3, -0.25) is 4.79 Å². The Kier molecular flexibility index (Phi) is 7.28. The third kappa shape index (κ3) is 5.36. The Morgan fingerprint density at radius 2 is 2.28 bits per heavy atom. The number of rotatable bonds is 7. The lowest BCUT2D eigenvalue weighted by atomic mass is 9.85. The predicted octanol–water partition coefficient (Wildman–Crippen LogP) is 1.86. The lowest BCUT2D eigenvalue weighted by molar-refractivity contribution is -0.149. The molecular weight excluding hydrogens is 230 g/mol. The minimum Gasteiger partial charge on any atom is -0.466 e. The van der Waals surface area contributed by atoms with Gasteiger partial charge in [-0.1, -0.05) is 6.42 Å². The van der Waals surface area contributed by atoms with Gasteiger partial charge in [0, 0.05) is 18.7 Å². The number of hydrogen-bond acceptors (Lipinski definition) is 4. The smallest absolute Gasteiger partial charge is 0.308 e. The Morgan fingerprint density at radius 3 is 2.94 bits per heavy atom. The van der Waals surface area contributed by atoms with E-state index >= 15 is 0 Å². The first-order chi connectivity index (χ1) is 8.67. The number of esters is 1. The van der Waals surface area contributed by atoms with Crippen molar-refractivity contribution >= 4 is 5.97 Å². The van der Waals surface area contributed by atoms with E-state index in [2.05, 4.69) is 12.2 Å². The van der Waals surface area contributed by atoms with Crippen LogP contribution in [0.5, 0.6) is 0 Å². The molecule has 0 radical (unpaired) electrons. The maximum atomic E-state index is 11.7. The van der Waals surface area contributed by atoms with E-state index in [9.17, 15) is 4.79 Å². The van der Waals surface area contributed by atoms with Crippen molar-refractivity contribution in [2.45, 2.75) is 64.5 Å². The van der Waals surface area contributed by atoms with Gasteiger partial charge < -0.3 is 15.2 Å². The van der Waals surface area contributed by atoms with Gasteiger partial charge in [0.05, 0.1) is 12.5 Å². The van der Waals surface area contributed by atoms with E-state index in [-0.39, 0.29) is 18.5 Å². The van der Waals surface area contributed by atoms with Crippen molar-refractivity contribution in [1.29, 1.82) is 0 Å². The van der Waals surface area contributed by atoms with E-state index in [1.807, 2.05) is 6.92 Å². The number of aliphatic hydroxyl groups excluding tert-OH is 1. The first-order valence-corrected chi connectivity index (χ1v) is 7.20. The van der Waals surface area contributed by atoms with Gasteiger partial charge in [0.1, 0.15) is 0 Å². The van der Waals surface area contributed by atoms with Crippen LogP contribution in [-0.2, 0) is 9.53 Å². The second-order valence-corrected chi connectivity index (χ2v) is 5.25. The maximum Gasteiger partial charge on any atom is 0.308 e. The Bertz CT molecular complexity index is 245. The number of hydrogen-bond donors (Lipinski definition) is 2. The van der Waals surface area contributed by atoms with Crippen LogP contribution in [0.4, 0.5) is 0 Å². The molecule has 0 aromatic rings.